The van der Waals surface area contributed by atoms with E-state index in [0.717, 1.165) is 0 Å². The summed E-state index contributed by atoms with van der Waals surface area (Å²) in [5.41, 5.74) is 6.03. The quantitative estimate of drug-likeness (QED) is 0.380. The standard InChI is InChI=1S/C19H16Cl2N2O3S/c1-2-26-16-8-11(6-12(9-22)19(23)25)7-13(17(16)24)10-27-18-14(20)4-3-5-15(18)21/h3-8,24H,2,10H2,1H3,(H2,23,25). The number of aromatic hydroxyl groups is 1. The molecule has 140 valence electrons. The SMILES string of the molecule is CCOc1cc(C=C(C#N)C(N)=O)cc(CSc2c(Cl)cccc2Cl)c1O. The van der Waals surface area contributed by atoms with Crippen LogP contribution in [0.4, 0.5) is 0 Å². The first-order valence-corrected chi connectivity index (χ1v) is 9.58. The van der Waals surface area contributed by atoms with Crippen LogP contribution in [0.1, 0.15) is 18.1 Å². The number of hydrogen-bond donors (Lipinski definition) is 2. The molecule has 0 saturated heterocycles. The second-order valence-electron chi connectivity index (χ2n) is 5.33. The molecule has 27 heavy (non-hydrogen) atoms. The number of nitrogens with two attached hydrogens (primary N) is 1. The Morgan fingerprint density at radius 3 is 2.59 bits per heavy atom. The van der Waals surface area contributed by atoms with E-state index in [0.29, 0.717) is 38.4 Å². The molecule has 0 heterocycles. The lowest BCUT2D eigenvalue weighted by Gasteiger charge is -2.13. The third-order valence-corrected chi connectivity index (χ3v) is 5.50. The first kappa shape index (κ1) is 21.0. The molecule has 0 atom stereocenters. The van der Waals surface area contributed by atoms with Crippen molar-refractivity contribution in [2.45, 2.75) is 17.6 Å². The van der Waals surface area contributed by atoms with Crippen molar-refractivity contribution < 1.29 is 14.6 Å². The van der Waals surface area contributed by atoms with Crippen LogP contribution in [0.15, 0.2) is 40.8 Å². The van der Waals surface area contributed by atoms with E-state index >= 15 is 0 Å². The highest BCUT2D eigenvalue weighted by atomic mass is 35.5. The zero-order chi connectivity index (χ0) is 20.0. The van der Waals surface area contributed by atoms with E-state index in [-0.39, 0.29) is 17.1 Å². The Labute approximate surface area is 171 Å². The summed E-state index contributed by atoms with van der Waals surface area (Å²) >= 11 is 13.7. The van der Waals surface area contributed by atoms with E-state index in [2.05, 4.69) is 0 Å². The summed E-state index contributed by atoms with van der Waals surface area (Å²) in [6, 6.07) is 10.1. The van der Waals surface area contributed by atoms with Gasteiger partial charge in [0.1, 0.15) is 11.6 Å². The Balaban J connectivity index is 2.42. The molecule has 2 rings (SSSR count). The monoisotopic (exact) mass is 422 g/mol. The maximum absolute atomic E-state index is 11.3. The lowest BCUT2D eigenvalue weighted by molar-refractivity contribution is -0.114. The molecule has 8 heteroatoms. The van der Waals surface area contributed by atoms with Crippen molar-refractivity contribution in [3.05, 3.63) is 57.1 Å². The largest absolute Gasteiger partial charge is 0.504 e. The molecular formula is C19H16Cl2N2O3S. The molecule has 2 aromatic carbocycles. The molecule has 0 aliphatic carbocycles. The number of phenolic OH excluding ortho intramolecular Hbond substituents is 1. The number of amides is 1. The molecule has 0 aromatic heterocycles. The van der Waals surface area contributed by atoms with Crippen LogP contribution in [0.25, 0.3) is 6.08 Å². The van der Waals surface area contributed by atoms with Gasteiger partial charge in [0.05, 0.1) is 16.7 Å². The average molecular weight is 423 g/mol. The number of carbonyl (C=O) groups is 1. The minimum absolute atomic E-state index is 0.0257. The first-order chi connectivity index (χ1) is 12.9. The van der Waals surface area contributed by atoms with Crippen molar-refractivity contribution in [3.63, 3.8) is 0 Å². The van der Waals surface area contributed by atoms with E-state index in [1.165, 1.54) is 23.9 Å². The minimum atomic E-state index is -0.831. The molecular weight excluding hydrogens is 407 g/mol. The van der Waals surface area contributed by atoms with E-state index in [1.54, 1.807) is 37.3 Å². The second-order valence-corrected chi connectivity index (χ2v) is 7.13. The number of nitrogens with zero attached hydrogens (tertiary/aromatic N) is 1. The van der Waals surface area contributed by atoms with Gasteiger partial charge < -0.3 is 15.6 Å². The number of hydrogen-bond acceptors (Lipinski definition) is 5. The molecule has 0 radical (unpaired) electrons. The van der Waals surface area contributed by atoms with Gasteiger partial charge in [0.25, 0.3) is 5.91 Å². The molecule has 5 nitrogen and oxygen atoms in total. The van der Waals surface area contributed by atoms with Crippen LogP contribution < -0.4 is 10.5 Å². The minimum Gasteiger partial charge on any atom is -0.504 e. The Hall–Kier alpha value is -2.33. The highest BCUT2D eigenvalue weighted by Gasteiger charge is 2.14. The van der Waals surface area contributed by atoms with Crippen molar-refractivity contribution >= 4 is 46.9 Å². The number of carbonyl (C=O) groups excluding carboxylic acids is 1. The Morgan fingerprint density at radius 2 is 2.04 bits per heavy atom. The number of phenols is 1. The summed E-state index contributed by atoms with van der Waals surface area (Å²) in [5, 5.41) is 20.5. The Kier molecular flexibility index (Phi) is 7.43. The van der Waals surface area contributed by atoms with Gasteiger partial charge in [-0.3, -0.25) is 4.79 Å². The highest BCUT2D eigenvalue weighted by molar-refractivity contribution is 7.98. The van der Waals surface area contributed by atoms with Crippen molar-refractivity contribution in [1.82, 2.24) is 0 Å². The normalized spacial score (nSPS) is 11.1. The van der Waals surface area contributed by atoms with Crippen LogP contribution in [0, 0.1) is 11.3 Å². The van der Waals surface area contributed by atoms with Crippen LogP contribution in [0.5, 0.6) is 11.5 Å². The predicted molar refractivity (Wildman–Crippen MR) is 108 cm³/mol. The first-order valence-electron chi connectivity index (χ1n) is 7.84. The van der Waals surface area contributed by atoms with Crippen molar-refractivity contribution in [3.8, 4) is 17.6 Å². The summed E-state index contributed by atoms with van der Waals surface area (Å²) in [6.45, 7) is 2.12. The van der Waals surface area contributed by atoms with Gasteiger partial charge in [0.2, 0.25) is 0 Å². The van der Waals surface area contributed by atoms with Crippen LogP contribution in [-0.4, -0.2) is 17.6 Å². The summed E-state index contributed by atoms with van der Waals surface area (Å²) in [5.74, 6) is -0.270. The smallest absolute Gasteiger partial charge is 0.259 e. The number of ether oxygens (including phenoxy) is 1. The predicted octanol–water partition coefficient (Wildman–Crippen LogP) is 4.78. The van der Waals surface area contributed by atoms with Gasteiger partial charge in [0.15, 0.2) is 11.5 Å². The van der Waals surface area contributed by atoms with Crippen LogP contribution in [0.3, 0.4) is 0 Å². The molecule has 0 fully saturated rings. The van der Waals surface area contributed by atoms with E-state index in [9.17, 15) is 9.90 Å². The van der Waals surface area contributed by atoms with Crippen molar-refractivity contribution in [2.75, 3.05) is 6.61 Å². The molecule has 0 aliphatic heterocycles. The lowest BCUT2D eigenvalue weighted by Crippen LogP contribution is -2.12. The van der Waals surface area contributed by atoms with Crippen molar-refractivity contribution in [2.24, 2.45) is 5.73 Å². The fourth-order valence-electron chi connectivity index (χ4n) is 2.24. The van der Waals surface area contributed by atoms with Gasteiger partial charge in [-0.25, -0.2) is 0 Å². The maximum Gasteiger partial charge on any atom is 0.259 e. The summed E-state index contributed by atoms with van der Waals surface area (Å²) in [6.07, 6.45) is 1.35. The lowest BCUT2D eigenvalue weighted by atomic mass is 10.1. The molecule has 0 bridgehead atoms. The van der Waals surface area contributed by atoms with Crippen molar-refractivity contribution in [1.29, 1.82) is 5.26 Å². The molecule has 0 spiro atoms. The fraction of sp³-hybridized carbons (Fsp3) is 0.158. The molecule has 0 saturated carbocycles. The zero-order valence-electron chi connectivity index (χ0n) is 14.3. The van der Waals surface area contributed by atoms with E-state index in [4.69, 9.17) is 38.9 Å². The fourth-order valence-corrected chi connectivity index (χ4v) is 3.90. The van der Waals surface area contributed by atoms with Gasteiger partial charge in [-0.1, -0.05) is 29.3 Å². The number of rotatable bonds is 7. The Morgan fingerprint density at radius 1 is 1.37 bits per heavy atom. The number of benzene rings is 2. The van der Waals surface area contributed by atoms with Crippen LogP contribution >= 0.6 is 35.0 Å². The zero-order valence-corrected chi connectivity index (χ0v) is 16.7. The number of primary amides is 1. The third-order valence-electron chi connectivity index (χ3n) is 3.46. The molecule has 3 N–H and O–H groups in total. The maximum atomic E-state index is 11.3. The highest BCUT2D eigenvalue weighted by Crippen LogP contribution is 2.40. The number of nitriles is 1. The second kappa shape index (κ2) is 9.56. The van der Waals surface area contributed by atoms with Gasteiger partial charge in [-0.2, -0.15) is 5.26 Å². The topological polar surface area (TPSA) is 96.3 Å². The van der Waals surface area contributed by atoms with Gasteiger partial charge in [0, 0.05) is 16.2 Å². The molecule has 0 unspecified atom stereocenters. The van der Waals surface area contributed by atoms with Gasteiger partial charge >= 0.3 is 0 Å². The van der Waals surface area contributed by atoms with Crippen LogP contribution in [0.2, 0.25) is 10.0 Å². The van der Waals surface area contributed by atoms with E-state index in [1.807, 2.05) is 0 Å². The van der Waals surface area contributed by atoms with Gasteiger partial charge in [-0.05, 0) is 42.8 Å². The van der Waals surface area contributed by atoms with Gasteiger partial charge in [-0.15, -0.1) is 11.8 Å². The average Bonchev–Trinajstić information content (AvgIpc) is 2.62. The van der Waals surface area contributed by atoms with E-state index < -0.39 is 5.91 Å². The molecule has 2 aromatic rings. The summed E-state index contributed by atoms with van der Waals surface area (Å²) < 4.78 is 5.45. The van der Waals surface area contributed by atoms with Crippen LogP contribution in [-0.2, 0) is 10.5 Å². The third kappa shape index (κ3) is 5.33. The Bertz CT molecular complexity index is 919. The number of halogens is 2. The number of thioether (sulfide) groups is 1. The summed E-state index contributed by atoms with van der Waals surface area (Å²) in [4.78, 5) is 12.0. The molecule has 0 aliphatic rings. The molecule has 1 amide bonds. The summed E-state index contributed by atoms with van der Waals surface area (Å²) in [7, 11) is 0.